The fourth-order valence-electron chi connectivity index (χ4n) is 1.95. The second-order valence-electron chi connectivity index (χ2n) is 4.30. The van der Waals surface area contributed by atoms with E-state index in [1.807, 2.05) is 18.7 Å². The van der Waals surface area contributed by atoms with Crippen LogP contribution >= 0.6 is 0 Å². The van der Waals surface area contributed by atoms with Crippen LogP contribution in [0, 0.1) is 11.6 Å². The number of benzene rings is 1. The largest absolute Gasteiger partial charge is 0.357 e. The Labute approximate surface area is 122 Å². The highest BCUT2D eigenvalue weighted by Gasteiger charge is 2.18. The molecule has 2 rings (SSSR count). The summed E-state index contributed by atoms with van der Waals surface area (Å²) in [6.07, 6.45) is 0. The van der Waals surface area contributed by atoms with Gasteiger partial charge in [-0.2, -0.15) is 15.0 Å². The van der Waals surface area contributed by atoms with Gasteiger partial charge in [0.15, 0.2) is 5.82 Å². The molecule has 0 atom stereocenters. The van der Waals surface area contributed by atoms with E-state index in [4.69, 9.17) is 0 Å². The molecule has 1 N–H and O–H groups in total. The van der Waals surface area contributed by atoms with Crippen LogP contribution in [-0.2, 0) is 0 Å². The molecule has 0 aliphatic carbocycles. The van der Waals surface area contributed by atoms with Crippen LogP contribution in [-0.4, -0.2) is 35.1 Å². The van der Waals surface area contributed by atoms with Crippen molar-refractivity contribution in [2.75, 3.05) is 30.4 Å². The maximum Gasteiger partial charge on any atom is 0.230 e. The Morgan fingerprint density at radius 3 is 2.19 bits per heavy atom. The molecule has 0 radical (unpaired) electrons. The molecule has 0 fully saturated rings. The zero-order chi connectivity index (χ0) is 15.4. The van der Waals surface area contributed by atoms with Crippen LogP contribution in [0.25, 0.3) is 11.4 Å². The van der Waals surface area contributed by atoms with E-state index in [9.17, 15) is 8.78 Å². The second-order valence-corrected chi connectivity index (χ2v) is 4.30. The topological polar surface area (TPSA) is 53.9 Å². The van der Waals surface area contributed by atoms with Gasteiger partial charge in [0.05, 0.1) is 5.56 Å². The van der Waals surface area contributed by atoms with E-state index in [-0.39, 0.29) is 17.3 Å². The van der Waals surface area contributed by atoms with Crippen LogP contribution < -0.4 is 10.2 Å². The highest BCUT2D eigenvalue weighted by molar-refractivity contribution is 5.59. The van der Waals surface area contributed by atoms with Gasteiger partial charge in [-0.1, -0.05) is 6.07 Å². The van der Waals surface area contributed by atoms with Gasteiger partial charge in [0, 0.05) is 20.1 Å². The van der Waals surface area contributed by atoms with Crippen LogP contribution in [0.5, 0.6) is 0 Å². The average Bonchev–Trinajstić information content (AvgIpc) is 2.48. The molecule has 1 aromatic carbocycles. The van der Waals surface area contributed by atoms with Crippen molar-refractivity contribution < 1.29 is 8.78 Å². The first-order chi connectivity index (χ1) is 10.1. The van der Waals surface area contributed by atoms with Gasteiger partial charge in [0.2, 0.25) is 11.9 Å². The number of halogens is 2. The van der Waals surface area contributed by atoms with Crippen molar-refractivity contribution in [2.24, 2.45) is 0 Å². The highest BCUT2D eigenvalue weighted by atomic mass is 19.1. The number of nitrogens with one attached hydrogen (secondary N) is 1. The predicted molar refractivity (Wildman–Crippen MR) is 78.3 cm³/mol. The summed E-state index contributed by atoms with van der Waals surface area (Å²) in [5.74, 6) is -0.768. The van der Waals surface area contributed by atoms with E-state index in [2.05, 4.69) is 20.3 Å². The summed E-state index contributed by atoms with van der Waals surface area (Å²) >= 11 is 0. The van der Waals surface area contributed by atoms with Crippen molar-refractivity contribution in [3.05, 3.63) is 29.8 Å². The van der Waals surface area contributed by atoms with E-state index in [0.29, 0.717) is 19.0 Å². The SMILES string of the molecule is CCN(CC)c1nc(NC)nc(-c2c(F)cccc2F)n1. The lowest BCUT2D eigenvalue weighted by Gasteiger charge is -2.19. The third kappa shape index (κ3) is 3.07. The molecule has 0 unspecified atom stereocenters. The highest BCUT2D eigenvalue weighted by Crippen LogP contribution is 2.25. The Morgan fingerprint density at radius 2 is 1.67 bits per heavy atom. The number of hydrogen-bond donors (Lipinski definition) is 1. The van der Waals surface area contributed by atoms with Crippen LogP contribution in [0.2, 0.25) is 0 Å². The van der Waals surface area contributed by atoms with Gasteiger partial charge < -0.3 is 10.2 Å². The van der Waals surface area contributed by atoms with Crippen molar-refractivity contribution in [3.8, 4) is 11.4 Å². The van der Waals surface area contributed by atoms with E-state index in [0.717, 1.165) is 0 Å². The van der Waals surface area contributed by atoms with Crippen molar-refractivity contribution in [2.45, 2.75) is 13.8 Å². The summed E-state index contributed by atoms with van der Waals surface area (Å²) in [5.41, 5.74) is -0.246. The molecular formula is C14H17F2N5. The lowest BCUT2D eigenvalue weighted by Crippen LogP contribution is -2.25. The molecule has 0 aliphatic rings. The molecule has 112 valence electrons. The zero-order valence-electron chi connectivity index (χ0n) is 12.2. The summed E-state index contributed by atoms with van der Waals surface area (Å²) in [4.78, 5) is 14.4. The van der Waals surface area contributed by atoms with E-state index >= 15 is 0 Å². The molecule has 21 heavy (non-hydrogen) atoms. The number of aromatic nitrogens is 3. The normalized spacial score (nSPS) is 10.5. The monoisotopic (exact) mass is 293 g/mol. The summed E-state index contributed by atoms with van der Waals surface area (Å²) < 4.78 is 27.8. The molecule has 0 saturated heterocycles. The molecule has 0 saturated carbocycles. The predicted octanol–water partition coefficient (Wildman–Crippen LogP) is 2.70. The molecule has 0 aliphatic heterocycles. The number of rotatable bonds is 5. The minimum absolute atomic E-state index is 0.0214. The Morgan fingerprint density at radius 1 is 1.05 bits per heavy atom. The first-order valence-corrected chi connectivity index (χ1v) is 6.73. The fourth-order valence-corrected chi connectivity index (χ4v) is 1.95. The standard InChI is InChI=1S/C14H17F2N5/c1-4-21(5-2)14-19-12(18-13(17-3)20-14)11-9(15)7-6-8-10(11)16/h6-8H,4-5H2,1-3H3,(H,17,18,19,20). The maximum atomic E-state index is 13.9. The minimum Gasteiger partial charge on any atom is -0.357 e. The van der Waals surface area contributed by atoms with Gasteiger partial charge in [-0.3, -0.25) is 0 Å². The number of nitrogens with zero attached hydrogens (tertiary/aromatic N) is 4. The van der Waals surface area contributed by atoms with Gasteiger partial charge in [-0.15, -0.1) is 0 Å². The van der Waals surface area contributed by atoms with Crippen LogP contribution in [0.15, 0.2) is 18.2 Å². The Balaban J connectivity index is 2.61. The summed E-state index contributed by atoms with van der Waals surface area (Å²) in [5, 5.41) is 2.79. The summed E-state index contributed by atoms with van der Waals surface area (Å²) in [6, 6.07) is 3.66. The molecule has 1 aromatic heterocycles. The minimum atomic E-state index is -0.700. The molecule has 5 nitrogen and oxygen atoms in total. The fraction of sp³-hybridized carbons (Fsp3) is 0.357. The maximum absolute atomic E-state index is 13.9. The van der Waals surface area contributed by atoms with E-state index < -0.39 is 11.6 Å². The lowest BCUT2D eigenvalue weighted by molar-refractivity contribution is 0.587. The third-order valence-electron chi connectivity index (χ3n) is 3.08. The first kappa shape index (κ1) is 15.1. The Bertz CT molecular complexity index is 609. The third-order valence-corrected chi connectivity index (χ3v) is 3.08. The van der Waals surface area contributed by atoms with Crippen molar-refractivity contribution in [1.29, 1.82) is 0 Å². The molecule has 0 amide bonds. The second kappa shape index (κ2) is 6.43. The van der Waals surface area contributed by atoms with E-state index in [1.165, 1.54) is 18.2 Å². The Kier molecular flexibility index (Phi) is 4.62. The molecule has 1 heterocycles. The first-order valence-electron chi connectivity index (χ1n) is 6.73. The molecule has 0 spiro atoms. The number of hydrogen-bond acceptors (Lipinski definition) is 5. The number of anilines is 2. The van der Waals surface area contributed by atoms with Crippen LogP contribution in [0.4, 0.5) is 20.7 Å². The molecule has 2 aromatic rings. The smallest absolute Gasteiger partial charge is 0.230 e. The molecule has 7 heteroatoms. The van der Waals surface area contributed by atoms with E-state index in [1.54, 1.807) is 7.05 Å². The Hall–Kier alpha value is -2.31. The van der Waals surface area contributed by atoms with Gasteiger partial charge in [-0.25, -0.2) is 8.78 Å². The average molecular weight is 293 g/mol. The summed E-state index contributed by atoms with van der Waals surface area (Å²) in [6.45, 7) is 5.27. The summed E-state index contributed by atoms with van der Waals surface area (Å²) in [7, 11) is 1.64. The van der Waals surface area contributed by atoms with Gasteiger partial charge >= 0.3 is 0 Å². The van der Waals surface area contributed by atoms with Crippen molar-refractivity contribution in [1.82, 2.24) is 15.0 Å². The van der Waals surface area contributed by atoms with Crippen LogP contribution in [0.1, 0.15) is 13.8 Å². The van der Waals surface area contributed by atoms with Crippen molar-refractivity contribution >= 4 is 11.9 Å². The van der Waals surface area contributed by atoms with Gasteiger partial charge in [0.25, 0.3) is 0 Å². The van der Waals surface area contributed by atoms with Crippen molar-refractivity contribution in [3.63, 3.8) is 0 Å². The molecular weight excluding hydrogens is 276 g/mol. The quantitative estimate of drug-likeness (QED) is 0.918. The molecule has 0 bridgehead atoms. The van der Waals surface area contributed by atoms with Gasteiger partial charge in [0.1, 0.15) is 11.6 Å². The zero-order valence-corrected chi connectivity index (χ0v) is 12.2. The van der Waals surface area contributed by atoms with Gasteiger partial charge in [-0.05, 0) is 26.0 Å². The van der Waals surface area contributed by atoms with Crippen LogP contribution in [0.3, 0.4) is 0 Å². The lowest BCUT2D eigenvalue weighted by atomic mass is 10.2.